The van der Waals surface area contributed by atoms with Crippen LogP contribution in [0.5, 0.6) is 0 Å². The molecule has 0 amide bonds. The first-order valence-corrected chi connectivity index (χ1v) is 8.25. The lowest BCUT2D eigenvalue weighted by Crippen LogP contribution is -2.33. The highest BCUT2D eigenvalue weighted by Gasteiger charge is 2.46. The van der Waals surface area contributed by atoms with E-state index in [0.29, 0.717) is 0 Å². The first-order valence-electron chi connectivity index (χ1n) is 6.46. The fourth-order valence-corrected chi connectivity index (χ4v) is 3.24. The van der Waals surface area contributed by atoms with Crippen molar-refractivity contribution in [3.8, 4) is 0 Å². The number of fused-ring (bicyclic) bond motifs is 1. The number of nitrogens with zero attached hydrogens (tertiary/aromatic N) is 3. The number of aliphatic hydroxyl groups is 2. The zero-order valence-electron chi connectivity index (χ0n) is 11.5. The highest BCUT2D eigenvalue weighted by molar-refractivity contribution is 7.51. The zero-order valence-corrected chi connectivity index (χ0v) is 12.4. The molecule has 0 aliphatic carbocycles. The molecule has 12 nitrogen and oxygen atoms in total. The number of aliphatic hydroxyl groups excluding tert-OH is 2. The van der Waals surface area contributed by atoms with Crippen LogP contribution in [0.4, 0.5) is 5.95 Å². The van der Waals surface area contributed by atoms with Crippen molar-refractivity contribution in [1.82, 2.24) is 19.5 Å². The van der Waals surface area contributed by atoms with Gasteiger partial charge < -0.3 is 30.5 Å². The topological polar surface area (TPSA) is 197 Å². The molecular weight excluding hydrogens is 333 g/mol. The van der Waals surface area contributed by atoms with Gasteiger partial charge in [-0.15, -0.1) is 0 Å². The number of hydrogen-bond donors (Lipinski definition) is 6. The van der Waals surface area contributed by atoms with Crippen LogP contribution >= 0.6 is 7.60 Å². The van der Waals surface area contributed by atoms with Crippen LogP contribution in [0.3, 0.4) is 0 Å². The van der Waals surface area contributed by atoms with Crippen molar-refractivity contribution in [3.05, 3.63) is 16.7 Å². The SMILES string of the molecule is Nc1nc2c(ncn2[C@@H]2O[C@H](CP(=O)(O)O)[C@H](O)[C@H]2O)c(=O)[nH]1. The van der Waals surface area contributed by atoms with Crippen molar-refractivity contribution in [2.75, 3.05) is 11.9 Å². The number of nitrogens with one attached hydrogen (secondary N) is 1. The van der Waals surface area contributed by atoms with Crippen LogP contribution < -0.4 is 11.3 Å². The van der Waals surface area contributed by atoms with Crippen LogP contribution in [0, 0.1) is 0 Å². The Morgan fingerprint density at radius 1 is 1.39 bits per heavy atom. The van der Waals surface area contributed by atoms with E-state index < -0.39 is 43.9 Å². The molecular formula is C10H14N5O7P. The third-order valence-electron chi connectivity index (χ3n) is 3.48. The first-order chi connectivity index (χ1) is 10.7. The average molecular weight is 347 g/mol. The quantitative estimate of drug-likeness (QED) is 0.323. The predicted octanol–water partition coefficient (Wildman–Crippen LogP) is -2.50. The van der Waals surface area contributed by atoms with Gasteiger partial charge in [0, 0.05) is 0 Å². The minimum absolute atomic E-state index is 0.0133. The number of imidazole rings is 1. The predicted molar refractivity (Wildman–Crippen MR) is 75.4 cm³/mol. The maximum absolute atomic E-state index is 11.7. The third-order valence-corrected chi connectivity index (χ3v) is 4.32. The monoisotopic (exact) mass is 347 g/mol. The maximum atomic E-state index is 11.7. The van der Waals surface area contributed by atoms with Crippen molar-refractivity contribution >= 4 is 24.7 Å². The van der Waals surface area contributed by atoms with Crippen molar-refractivity contribution in [2.45, 2.75) is 24.5 Å². The van der Waals surface area contributed by atoms with E-state index in [0.717, 1.165) is 6.33 Å². The molecule has 0 saturated carbocycles. The van der Waals surface area contributed by atoms with Gasteiger partial charge in [0.05, 0.1) is 12.5 Å². The number of nitrogens with two attached hydrogens (primary N) is 1. The Hall–Kier alpha value is -1.82. The summed E-state index contributed by atoms with van der Waals surface area (Å²) in [5.41, 5.74) is 4.83. The number of ether oxygens (including phenoxy) is 1. The Bertz CT molecular complexity index is 844. The van der Waals surface area contributed by atoms with Crippen LogP contribution in [-0.4, -0.2) is 64.0 Å². The summed E-state index contributed by atoms with van der Waals surface area (Å²) in [7, 11) is -4.46. The van der Waals surface area contributed by atoms with Crippen LogP contribution in [-0.2, 0) is 9.30 Å². The van der Waals surface area contributed by atoms with Crippen LogP contribution in [0.1, 0.15) is 6.23 Å². The molecule has 0 radical (unpaired) electrons. The smallest absolute Gasteiger partial charge is 0.328 e. The van der Waals surface area contributed by atoms with Gasteiger partial charge in [-0.05, 0) is 0 Å². The van der Waals surface area contributed by atoms with E-state index in [-0.39, 0.29) is 17.1 Å². The number of nitrogen functional groups attached to an aromatic ring is 1. The first kappa shape index (κ1) is 16.1. The highest BCUT2D eigenvalue weighted by Crippen LogP contribution is 2.41. The van der Waals surface area contributed by atoms with Crippen molar-refractivity contribution in [3.63, 3.8) is 0 Å². The molecule has 1 aliphatic heterocycles. The summed E-state index contributed by atoms with van der Waals surface area (Å²) in [6.45, 7) is 0. The summed E-state index contributed by atoms with van der Waals surface area (Å²) in [5.74, 6) is -0.177. The molecule has 1 aliphatic rings. The normalized spacial score (nSPS) is 28.5. The molecule has 2 aromatic rings. The number of aromatic nitrogens is 4. The lowest BCUT2D eigenvalue weighted by molar-refractivity contribution is -0.0299. The third kappa shape index (κ3) is 2.87. The van der Waals surface area contributed by atoms with Gasteiger partial charge in [0.1, 0.15) is 18.3 Å². The number of anilines is 1. The Morgan fingerprint density at radius 3 is 2.74 bits per heavy atom. The van der Waals surface area contributed by atoms with E-state index in [1.165, 1.54) is 4.57 Å². The van der Waals surface area contributed by atoms with Gasteiger partial charge in [-0.1, -0.05) is 0 Å². The summed E-state index contributed by atoms with van der Waals surface area (Å²) < 4.78 is 17.6. The molecule has 23 heavy (non-hydrogen) atoms. The maximum Gasteiger partial charge on any atom is 0.328 e. The van der Waals surface area contributed by atoms with Gasteiger partial charge in [0.2, 0.25) is 5.95 Å². The summed E-state index contributed by atoms with van der Waals surface area (Å²) in [4.78, 5) is 39.7. The Labute approximate surface area is 127 Å². The minimum Gasteiger partial charge on any atom is -0.387 e. The van der Waals surface area contributed by atoms with Gasteiger partial charge in [0.25, 0.3) is 5.56 Å². The number of aromatic amines is 1. The van der Waals surface area contributed by atoms with Crippen molar-refractivity contribution < 1.29 is 29.3 Å². The van der Waals surface area contributed by atoms with E-state index in [4.69, 9.17) is 20.3 Å². The molecule has 3 rings (SSSR count). The second-order valence-corrected chi connectivity index (χ2v) is 6.86. The fourth-order valence-electron chi connectivity index (χ4n) is 2.47. The Morgan fingerprint density at radius 2 is 2.09 bits per heavy atom. The summed E-state index contributed by atoms with van der Waals surface area (Å²) in [6.07, 6.45) is -5.12. The molecule has 1 saturated heterocycles. The fraction of sp³-hybridized carbons (Fsp3) is 0.500. The largest absolute Gasteiger partial charge is 0.387 e. The van der Waals surface area contributed by atoms with Gasteiger partial charge >= 0.3 is 7.60 Å². The van der Waals surface area contributed by atoms with Crippen molar-refractivity contribution in [2.24, 2.45) is 0 Å². The Kier molecular flexibility index (Phi) is 3.75. The van der Waals surface area contributed by atoms with Gasteiger partial charge in [0.15, 0.2) is 17.4 Å². The number of hydrogen-bond acceptors (Lipinski definition) is 8. The second-order valence-electron chi connectivity index (χ2n) is 5.17. The lowest BCUT2D eigenvalue weighted by atomic mass is 10.1. The van der Waals surface area contributed by atoms with Crippen molar-refractivity contribution in [1.29, 1.82) is 0 Å². The molecule has 0 unspecified atom stereocenters. The van der Waals surface area contributed by atoms with E-state index in [1.54, 1.807) is 0 Å². The molecule has 0 aromatic carbocycles. The molecule has 2 aromatic heterocycles. The molecule has 0 spiro atoms. The molecule has 3 heterocycles. The molecule has 13 heteroatoms. The number of H-pyrrole nitrogens is 1. The molecule has 1 fully saturated rings. The van der Waals surface area contributed by atoms with Crippen LogP contribution in [0.2, 0.25) is 0 Å². The molecule has 4 atom stereocenters. The lowest BCUT2D eigenvalue weighted by Gasteiger charge is -2.16. The summed E-state index contributed by atoms with van der Waals surface area (Å²) >= 11 is 0. The Balaban J connectivity index is 1.99. The average Bonchev–Trinajstić information content (AvgIpc) is 2.94. The van der Waals surface area contributed by atoms with E-state index in [2.05, 4.69) is 15.0 Å². The summed E-state index contributed by atoms with van der Waals surface area (Å²) in [5, 5.41) is 20.0. The standard InChI is InChI=1S/C10H14N5O7P/c11-10-13-7-4(8(18)14-10)12-2-15(7)9-6(17)5(16)3(22-9)1-23(19,20)21/h2-3,5-6,9,16-17H,1H2,(H2,19,20,21)(H3,11,13,14,18)/t3-,5+,6-,9-/m1/s1. The summed E-state index contributed by atoms with van der Waals surface area (Å²) in [6, 6.07) is 0. The highest BCUT2D eigenvalue weighted by atomic mass is 31.2. The van der Waals surface area contributed by atoms with E-state index >= 15 is 0 Å². The van der Waals surface area contributed by atoms with E-state index in [1.807, 2.05) is 0 Å². The second kappa shape index (κ2) is 5.37. The molecule has 0 bridgehead atoms. The van der Waals surface area contributed by atoms with Gasteiger partial charge in [-0.25, -0.2) is 4.98 Å². The van der Waals surface area contributed by atoms with Gasteiger partial charge in [-0.3, -0.25) is 18.9 Å². The van der Waals surface area contributed by atoms with Crippen LogP contribution in [0.15, 0.2) is 11.1 Å². The zero-order chi connectivity index (χ0) is 16.9. The molecule has 7 N–H and O–H groups in total. The minimum atomic E-state index is -4.46. The van der Waals surface area contributed by atoms with Crippen LogP contribution in [0.25, 0.3) is 11.2 Å². The van der Waals surface area contributed by atoms with E-state index in [9.17, 15) is 19.6 Å². The molecule has 126 valence electrons. The van der Waals surface area contributed by atoms with Gasteiger partial charge in [-0.2, -0.15) is 4.98 Å². The number of rotatable bonds is 3.